The van der Waals surface area contributed by atoms with Gasteiger partial charge >= 0.3 is 0 Å². The van der Waals surface area contributed by atoms with Gasteiger partial charge in [0.1, 0.15) is 0 Å². The van der Waals surface area contributed by atoms with E-state index in [4.69, 9.17) is 17.0 Å². The highest BCUT2D eigenvalue weighted by Crippen LogP contribution is 1.87. The van der Waals surface area contributed by atoms with Gasteiger partial charge in [0.15, 0.2) is 5.11 Å². The number of likely N-dealkylation sites (N-methyl/N-ethyl adjacent to an activating group) is 1. The standard InChI is InChI=1S/C9H20N2OS/c1-4-5-6-10-9(13)11(2)7-8-12-3/h4-8H2,1-3H3,(H,10,13). The molecule has 0 fully saturated rings. The summed E-state index contributed by atoms with van der Waals surface area (Å²) in [4.78, 5) is 1.99. The molecule has 1 N–H and O–H groups in total. The van der Waals surface area contributed by atoms with Crippen molar-refractivity contribution in [3.05, 3.63) is 0 Å². The topological polar surface area (TPSA) is 24.5 Å². The summed E-state index contributed by atoms with van der Waals surface area (Å²) in [7, 11) is 3.67. The van der Waals surface area contributed by atoms with Gasteiger partial charge in [-0.05, 0) is 18.6 Å². The summed E-state index contributed by atoms with van der Waals surface area (Å²) < 4.78 is 4.96. The van der Waals surface area contributed by atoms with Gasteiger partial charge in [-0.15, -0.1) is 0 Å². The van der Waals surface area contributed by atoms with E-state index < -0.39 is 0 Å². The van der Waals surface area contributed by atoms with Gasteiger partial charge in [-0.1, -0.05) is 13.3 Å². The first kappa shape index (κ1) is 12.7. The van der Waals surface area contributed by atoms with Gasteiger partial charge in [0.05, 0.1) is 6.61 Å². The Kier molecular flexibility index (Phi) is 8.04. The van der Waals surface area contributed by atoms with Crippen LogP contribution in [0.1, 0.15) is 19.8 Å². The van der Waals surface area contributed by atoms with Crippen LogP contribution in [0.3, 0.4) is 0 Å². The first-order valence-corrected chi connectivity index (χ1v) is 5.11. The minimum absolute atomic E-state index is 0.714. The molecule has 0 saturated carbocycles. The number of hydrogen-bond acceptors (Lipinski definition) is 2. The van der Waals surface area contributed by atoms with Crippen LogP contribution in [0.15, 0.2) is 0 Å². The maximum absolute atomic E-state index is 5.16. The number of nitrogens with one attached hydrogen (secondary N) is 1. The normalized spacial score (nSPS) is 9.77. The van der Waals surface area contributed by atoms with Crippen molar-refractivity contribution >= 4 is 17.3 Å². The van der Waals surface area contributed by atoms with Crippen molar-refractivity contribution < 1.29 is 4.74 Å². The predicted molar refractivity (Wildman–Crippen MR) is 60.0 cm³/mol. The summed E-state index contributed by atoms with van der Waals surface area (Å²) in [6, 6.07) is 0. The van der Waals surface area contributed by atoms with Gasteiger partial charge in [-0.3, -0.25) is 0 Å². The van der Waals surface area contributed by atoms with E-state index >= 15 is 0 Å². The third kappa shape index (κ3) is 6.78. The molecule has 0 radical (unpaired) electrons. The quantitative estimate of drug-likeness (QED) is 0.520. The zero-order valence-corrected chi connectivity index (χ0v) is 9.62. The Morgan fingerprint density at radius 1 is 1.54 bits per heavy atom. The van der Waals surface area contributed by atoms with E-state index in [1.807, 2.05) is 11.9 Å². The highest BCUT2D eigenvalue weighted by molar-refractivity contribution is 7.80. The summed E-state index contributed by atoms with van der Waals surface area (Å²) in [5.74, 6) is 0. The van der Waals surface area contributed by atoms with Gasteiger partial charge < -0.3 is 15.0 Å². The van der Waals surface area contributed by atoms with Crippen molar-refractivity contribution in [2.45, 2.75) is 19.8 Å². The SMILES string of the molecule is CCCCNC(=S)N(C)CCOC. The lowest BCUT2D eigenvalue weighted by Crippen LogP contribution is -2.39. The molecular weight excluding hydrogens is 184 g/mol. The van der Waals surface area contributed by atoms with Crippen LogP contribution in [0.2, 0.25) is 0 Å². The molecule has 0 rings (SSSR count). The van der Waals surface area contributed by atoms with Crippen LogP contribution in [0.5, 0.6) is 0 Å². The summed E-state index contributed by atoms with van der Waals surface area (Å²) in [5, 5.41) is 4.00. The molecule has 0 aromatic rings. The summed E-state index contributed by atoms with van der Waals surface area (Å²) in [6.45, 7) is 4.69. The lowest BCUT2D eigenvalue weighted by molar-refractivity contribution is 0.182. The molecule has 78 valence electrons. The second-order valence-electron chi connectivity index (χ2n) is 3.00. The summed E-state index contributed by atoms with van der Waals surface area (Å²) in [6.07, 6.45) is 2.36. The first-order valence-electron chi connectivity index (χ1n) is 4.70. The molecule has 0 aliphatic rings. The fourth-order valence-corrected chi connectivity index (χ4v) is 1.03. The van der Waals surface area contributed by atoms with Crippen molar-refractivity contribution in [3.63, 3.8) is 0 Å². The van der Waals surface area contributed by atoms with E-state index in [-0.39, 0.29) is 0 Å². The van der Waals surface area contributed by atoms with Crippen LogP contribution >= 0.6 is 12.2 Å². The maximum Gasteiger partial charge on any atom is 0.168 e. The molecule has 0 bridgehead atoms. The van der Waals surface area contributed by atoms with Crippen molar-refractivity contribution in [1.82, 2.24) is 10.2 Å². The molecule has 0 aromatic carbocycles. The monoisotopic (exact) mass is 204 g/mol. The Hall–Kier alpha value is -0.350. The molecule has 0 amide bonds. The zero-order valence-electron chi connectivity index (χ0n) is 8.80. The Balaban J connectivity index is 3.45. The Morgan fingerprint density at radius 2 is 2.23 bits per heavy atom. The number of thiocarbonyl (C=S) groups is 1. The van der Waals surface area contributed by atoms with Crippen LogP contribution in [-0.4, -0.2) is 43.9 Å². The molecule has 0 aliphatic heterocycles. The molecule has 13 heavy (non-hydrogen) atoms. The highest BCUT2D eigenvalue weighted by Gasteiger charge is 2.01. The van der Waals surface area contributed by atoms with Crippen LogP contribution in [-0.2, 0) is 4.74 Å². The fourth-order valence-electron chi connectivity index (χ4n) is 0.837. The molecule has 4 heteroatoms. The minimum atomic E-state index is 0.714. The number of hydrogen-bond donors (Lipinski definition) is 1. The molecule has 3 nitrogen and oxygen atoms in total. The van der Waals surface area contributed by atoms with E-state index in [0.717, 1.165) is 24.6 Å². The molecule has 0 heterocycles. The summed E-state index contributed by atoms with van der Waals surface area (Å²) >= 11 is 5.16. The highest BCUT2D eigenvalue weighted by atomic mass is 32.1. The average molecular weight is 204 g/mol. The molecule has 0 atom stereocenters. The zero-order chi connectivity index (χ0) is 10.1. The molecule has 0 unspecified atom stereocenters. The Bertz CT molecular complexity index is 142. The van der Waals surface area contributed by atoms with Gasteiger partial charge in [0, 0.05) is 27.2 Å². The van der Waals surface area contributed by atoms with E-state index in [9.17, 15) is 0 Å². The summed E-state index contributed by atoms with van der Waals surface area (Å²) in [5.41, 5.74) is 0. The largest absolute Gasteiger partial charge is 0.383 e. The van der Waals surface area contributed by atoms with Crippen molar-refractivity contribution in [2.75, 3.05) is 33.9 Å². The molecule has 0 saturated heterocycles. The number of methoxy groups -OCH3 is 1. The van der Waals surface area contributed by atoms with Crippen molar-refractivity contribution in [1.29, 1.82) is 0 Å². The minimum Gasteiger partial charge on any atom is -0.383 e. The van der Waals surface area contributed by atoms with E-state index in [0.29, 0.717) is 6.61 Å². The van der Waals surface area contributed by atoms with Crippen LogP contribution < -0.4 is 5.32 Å². The average Bonchev–Trinajstić information content (AvgIpc) is 2.14. The van der Waals surface area contributed by atoms with Crippen LogP contribution in [0, 0.1) is 0 Å². The lowest BCUT2D eigenvalue weighted by Gasteiger charge is -2.20. The van der Waals surface area contributed by atoms with Crippen LogP contribution in [0.25, 0.3) is 0 Å². The number of nitrogens with zero attached hydrogens (tertiary/aromatic N) is 1. The number of rotatable bonds is 6. The van der Waals surface area contributed by atoms with E-state index in [1.165, 1.54) is 6.42 Å². The van der Waals surface area contributed by atoms with Gasteiger partial charge in [-0.25, -0.2) is 0 Å². The fraction of sp³-hybridized carbons (Fsp3) is 0.889. The van der Waals surface area contributed by atoms with Gasteiger partial charge in [0.25, 0.3) is 0 Å². The van der Waals surface area contributed by atoms with Crippen LogP contribution in [0.4, 0.5) is 0 Å². The van der Waals surface area contributed by atoms with E-state index in [1.54, 1.807) is 7.11 Å². The molecule has 0 spiro atoms. The smallest absolute Gasteiger partial charge is 0.168 e. The maximum atomic E-state index is 5.16. The van der Waals surface area contributed by atoms with Gasteiger partial charge in [-0.2, -0.15) is 0 Å². The van der Waals surface area contributed by atoms with E-state index in [2.05, 4.69) is 12.2 Å². The van der Waals surface area contributed by atoms with Crippen molar-refractivity contribution in [3.8, 4) is 0 Å². The second kappa shape index (κ2) is 8.26. The van der Waals surface area contributed by atoms with Crippen molar-refractivity contribution in [2.24, 2.45) is 0 Å². The Morgan fingerprint density at radius 3 is 2.77 bits per heavy atom. The second-order valence-corrected chi connectivity index (χ2v) is 3.39. The Labute approximate surface area is 86.4 Å². The molecule has 0 aliphatic carbocycles. The predicted octanol–water partition coefficient (Wildman–Crippen LogP) is 1.24. The lowest BCUT2D eigenvalue weighted by atomic mass is 10.3. The third-order valence-electron chi connectivity index (χ3n) is 1.78. The third-order valence-corrected chi connectivity index (χ3v) is 2.24. The number of unbranched alkanes of at least 4 members (excludes halogenated alkanes) is 1. The molecular formula is C9H20N2OS. The number of ether oxygens (including phenoxy) is 1. The van der Waals surface area contributed by atoms with Gasteiger partial charge in [0.2, 0.25) is 0 Å². The molecule has 0 aromatic heterocycles. The first-order chi connectivity index (χ1) is 6.22.